The Kier molecular flexibility index (Phi) is 4.97. The lowest BCUT2D eigenvalue weighted by molar-refractivity contribution is -0.139. The fourth-order valence-electron chi connectivity index (χ4n) is 1.52. The van der Waals surface area contributed by atoms with E-state index in [1.165, 1.54) is 0 Å². The predicted octanol–water partition coefficient (Wildman–Crippen LogP) is 2.30. The monoisotopic (exact) mass is 273 g/mol. The fourth-order valence-corrected chi connectivity index (χ4v) is 2.59. The van der Waals surface area contributed by atoms with Gasteiger partial charge in [-0.3, -0.25) is 4.79 Å². The smallest absolute Gasteiger partial charge is 0.249 e. The summed E-state index contributed by atoms with van der Waals surface area (Å²) in [5, 5.41) is 3.19. The molecule has 0 aromatic carbocycles. The standard InChI is InChI=1S/C13H27NO3Si/c1-10-12(15)14-11(9-16-10)7-8-17-18(5,6)13(2,3)4/h10-11H,7-9H2,1-6H3,(H,14,15). The molecule has 1 aliphatic heterocycles. The highest BCUT2D eigenvalue weighted by Crippen LogP contribution is 2.36. The van der Waals surface area contributed by atoms with Crippen molar-refractivity contribution in [2.45, 2.75) is 64.4 Å². The van der Waals surface area contributed by atoms with Gasteiger partial charge in [-0.1, -0.05) is 20.8 Å². The summed E-state index contributed by atoms with van der Waals surface area (Å²) in [5.41, 5.74) is 0. The number of carbonyl (C=O) groups is 1. The summed E-state index contributed by atoms with van der Waals surface area (Å²) in [6, 6.07) is 0.0958. The lowest BCUT2D eigenvalue weighted by Crippen LogP contribution is -2.50. The summed E-state index contributed by atoms with van der Waals surface area (Å²) in [7, 11) is -1.67. The molecular weight excluding hydrogens is 246 g/mol. The van der Waals surface area contributed by atoms with Crippen LogP contribution in [0.1, 0.15) is 34.1 Å². The van der Waals surface area contributed by atoms with Crippen LogP contribution in [0.5, 0.6) is 0 Å². The van der Waals surface area contributed by atoms with Crippen LogP contribution in [-0.2, 0) is 14.0 Å². The van der Waals surface area contributed by atoms with E-state index in [0.29, 0.717) is 13.2 Å². The quantitative estimate of drug-likeness (QED) is 0.800. The lowest BCUT2D eigenvalue weighted by Gasteiger charge is -2.37. The van der Waals surface area contributed by atoms with Crippen molar-refractivity contribution in [1.29, 1.82) is 0 Å². The molecule has 1 amide bonds. The summed E-state index contributed by atoms with van der Waals surface area (Å²) >= 11 is 0. The summed E-state index contributed by atoms with van der Waals surface area (Å²) in [4.78, 5) is 11.5. The van der Waals surface area contributed by atoms with Gasteiger partial charge in [-0.25, -0.2) is 0 Å². The molecule has 0 radical (unpaired) electrons. The largest absolute Gasteiger partial charge is 0.417 e. The van der Waals surface area contributed by atoms with E-state index in [-0.39, 0.29) is 23.1 Å². The third kappa shape index (κ3) is 4.07. The predicted molar refractivity (Wildman–Crippen MR) is 75.1 cm³/mol. The Morgan fingerprint density at radius 3 is 2.56 bits per heavy atom. The van der Waals surface area contributed by atoms with E-state index in [0.717, 1.165) is 6.42 Å². The van der Waals surface area contributed by atoms with E-state index >= 15 is 0 Å². The second kappa shape index (κ2) is 5.71. The zero-order valence-electron chi connectivity index (χ0n) is 12.5. The first-order valence-electron chi connectivity index (χ1n) is 6.69. The maximum atomic E-state index is 11.5. The van der Waals surface area contributed by atoms with Crippen LogP contribution >= 0.6 is 0 Å². The number of hydrogen-bond acceptors (Lipinski definition) is 3. The molecule has 1 rings (SSSR count). The minimum atomic E-state index is -1.67. The first-order chi connectivity index (χ1) is 8.13. The molecule has 1 saturated heterocycles. The van der Waals surface area contributed by atoms with Crippen LogP contribution in [0.15, 0.2) is 0 Å². The van der Waals surface area contributed by atoms with E-state index in [1.54, 1.807) is 6.92 Å². The SMILES string of the molecule is CC1OCC(CCO[Si](C)(C)C(C)(C)C)NC1=O. The summed E-state index contributed by atoms with van der Waals surface area (Å²) in [5.74, 6) is -0.0152. The van der Waals surface area contributed by atoms with Gasteiger partial charge in [0.25, 0.3) is 0 Å². The number of ether oxygens (including phenoxy) is 1. The molecule has 0 aromatic rings. The first kappa shape index (κ1) is 15.7. The van der Waals surface area contributed by atoms with Crippen molar-refractivity contribution in [1.82, 2.24) is 5.32 Å². The first-order valence-corrected chi connectivity index (χ1v) is 9.60. The molecule has 5 heteroatoms. The zero-order valence-corrected chi connectivity index (χ0v) is 13.5. The third-order valence-electron chi connectivity index (χ3n) is 4.00. The molecule has 0 saturated carbocycles. The van der Waals surface area contributed by atoms with Gasteiger partial charge in [-0.15, -0.1) is 0 Å². The second-order valence-corrected chi connectivity index (χ2v) is 11.4. The lowest BCUT2D eigenvalue weighted by atomic mass is 10.2. The molecule has 0 aliphatic carbocycles. The Morgan fingerprint density at radius 1 is 1.44 bits per heavy atom. The summed E-state index contributed by atoms with van der Waals surface area (Å²) in [6.45, 7) is 14.2. The van der Waals surface area contributed by atoms with E-state index in [9.17, 15) is 4.79 Å². The molecular formula is C13H27NO3Si. The minimum absolute atomic E-state index is 0.0152. The van der Waals surface area contributed by atoms with Gasteiger partial charge in [-0.2, -0.15) is 0 Å². The van der Waals surface area contributed by atoms with Crippen LogP contribution in [0, 0.1) is 0 Å². The Morgan fingerprint density at radius 2 is 2.06 bits per heavy atom. The van der Waals surface area contributed by atoms with Crippen molar-refractivity contribution in [2.75, 3.05) is 13.2 Å². The second-order valence-electron chi connectivity index (χ2n) is 6.58. The van der Waals surface area contributed by atoms with Crippen LogP contribution in [0.4, 0.5) is 0 Å². The van der Waals surface area contributed by atoms with Crippen LogP contribution in [-0.4, -0.2) is 39.6 Å². The summed E-state index contributed by atoms with van der Waals surface area (Å²) < 4.78 is 11.5. The molecule has 106 valence electrons. The maximum Gasteiger partial charge on any atom is 0.249 e. The molecule has 2 atom stereocenters. The number of carbonyl (C=O) groups excluding carboxylic acids is 1. The molecule has 1 fully saturated rings. The Hall–Kier alpha value is -0.393. The van der Waals surface area contributed by atoms with Crippen LogP contribution in [0.3, 0.4) is 0 Å². The van der Waals surface area contributed by atoms with E-state index < -0.39 is 8.32 Å². The van der Waals surface area contributed by atoms with Gasteiger partial charge in [0.15, 0.2) is 8.32 Å². The Bertz CT molecular complexity index is 299. The topological polar surface area (TPSA) is 47.6 Å². The van der Waals surface area contributed by atoms with Crippen molar-refractivity contribution < 1.29 is 14.0 Å². The zero-order chi connectivity index (χ0) is 14.0. The highest BCUT2D eigenvalue weighted by Gasteiger charge is 2.37. The van der Waals surface area contributed by atoms with Gasteiger partial charge in [0, 0.05) is 6.61 Å². The normalized spacial score (nSPS) is 26.0. The van der Waals surface area contributed by atoms with E-state index in [2.05, 4.69) is 39.2 Å². The molecule has 0 spiro atoms. The van der Waals surface area contributed by atoms with Crippen LogP contribution in [0.25, 0.3) is 0 Å². The molecule has 1 heterocycles. The van der Waals surface area contributed by atoms with Crippen LogP contribution < -0.4 is 5.32 Å². The van der Waals surface area contributed by atoms with E-state index in [4.69, 9.17) is 9.16 Å². The molecule has 0 bridgehead atoms. The van der Waals surface area contributed by atoms with Crippen molar-refractivity contribution in [2.24, 2.45) is 0 Å². The molecule has 1 aliphatic rings. The van der Waals surface area contributed by atoms with Crippen LogP contribution in [0.2, 0.25) is 18.1 Å². The Labute approximate surface area is 112 Å². The van der Waals surface area contributed by atoms with Crippen molar-refractivity contribution >= 4 is 14.2 Å². The number of hydrogen-bond donors (Lipinski definition) is 1. The number of nitrogens with one attached hydrogen (secondary N) is 1. The van der Waals surface area contributed by atoms with Gasteiger partial charge < -0.3 is 14.5 Å². The molecule has 4 nitrogen and oxygen atoms in total. The van der Waals surface area contributed by atoms with E-state index in [1.807, 2.05) is 0 Å². The van der Waals surface area contributed by atoms with Crippen molar-refractivity contribution in [3.63, 3.8) is 0 Å². The average Bonchev–Trinajstić information content (AvgIpc) is 2.21. The highest BCUT2D eigenvalue weighted by molar-refractivity contribution is 6.74. The molecule has 1 N–H and O–H groups in total. The van der Waals surface area contributed by atoms with Gasteiger partial charge in [0.2, 0.25) is 5.91 Å². The average molecular weight is 273 g/mol. The minimum Gasteiger partial charge on any atom is -0.417 e. The maximum absolute atomic E-state index is 11.5. The number of amides is 1. The molecule has 18 heavy (non-hydrogen) atoms. The Balaban J connectivity index is 2.33. The number of morpholine rings is 1. The van der Waals surface area contributed by atoms with Crippen molar-refractivity contribution in [3.05, 3.63) is 0 Å². The van der Waals surface area contributed by atoms with Crippen molar-refractivity contribution in [3.8, 4) is 0 Å². The summed E-state index contributed by atoms with van der Waals surface area (Å²) in [6.07, 6.45) is 0.507. The van der Waals surface area contributed by atoms with Gasteiger partial charge in [0.05, 0.1) is 12.6 Å². The van der Waals surface area contributed by atoms with Gasteiger partial charge >= 0.3 is 0 Å². The van der Waals surface area contributed by atoms with Gasteiger partial charge in [-0.05, 0) is 31.5 Å². The molecule has 2 unspecified atom stereocenters. The molecule has 0 aromatic heterocycles. The van der Waals surface area contributed by atoms with Gasteiger partial charge in [0.1, 0.15) is 6.10 Å². The number of rotatable bonds is 4. The third-order valence-corrected chi connectivity index (χ3v) is 8.54. The highest BCUT2D eigenvalue weighted by atomic mass is 28.4. The fraction of sp³-hybridized carbons (Fsp3) is 0.923.